The second kappa shape index (κ2) is 16.2. The molecule has 3 rings (SSSR count). The number of hydrogen-bond acceptors (Lipinski definition) is 12. The van der Waals surface area contributed by atoms with Gasteiger partial charge in [0.1, 0.15) is 30.5 Å². The fraction of sp³-hybridized carbons (Fsp3) is 0.815. The Labute approximate surface area is 236 Å². The number of nitrogens with two attached hydrogens (primary N) is 4. The minimum Gasteiger partial charge on any atom is -0.388 e. The van der Waals surface area contributed by atoms with E-state index in [1.807, 2.05) is 18.2 Å². The van der Waals surface area contributed by atoms with Crippen molar-refractivity contribution in [2.24, 2.45) is 22.9 Å². The average Bonchev–Trinajstić information content (AvgIpc) is 3.12. The highest BCUT2D eigenvalue weighted by Gasteiger charge is 2.49. The molecule has 11 atom stereocenters. The van der Waals surface area contributed by atoms with Crippen molar-refractivity contribution in [3.8, 4) is 0 Å². The summed E-state index contributed by atoms with van der Waals surface area (Å²) in [7, 11) is 0. The van der Waals surface area contributed by atoms with Gasteiger partial charge in [-0.2, -0.15) is 0 Å². The van der Waals surface area contributed by atoms with Crippen LogP contribution in [0.5, 0.6) is 0 Å². The molecule has 1 saturated carbocycles. The van der Waals surface area contributed by atoms with Crippen LogP contribution in [0.15, 0.2) is 23.8 Å². The molecule has 2 fully saturated rings. The van der Waals surface area contributed by atoms with Gasteiger partial charge in [0.05, 0.1) is 31.2 Å². The van der Waals surface area contributed by atoms with Crippen LogP contribution in [0.25, 0.3) is 0 Å². The second-order valence-corrected chi connectivity index (χ2v) is 11.1. The van der Waals surface area contributed by atoms with Crippen LogP contribution in [-0.4, -0.2) is 115 Å². The first-order valence-corrected chi connectivity index (χ1v) is 14.4. The molecule has 1 saturated heterocycles. The first-order valence-electron chi connectivity index (χ1n) is 14.4. The van der Waals surface area contributed by atoms with E-state index in [-0.39, 0.29) is 31.4 Å². The van der Waals surface area contributed by atoms with Crippen molar-refractivity contribution in [1.82, 2.24) is 10.6 Å². The van der Waals surface area contributed by atoms with Crippen LogP contribution in [0, 0.1) is 0 Å². The monoisotopic (exact) mass is 570 g/mol. The molecular weight excluding hydrogens is 520 g/mol. The average molecular weight is 571 g/mol. The fourth-order valence-corrected chi connectivity index (χ4v) is 5.34. The summed E-state index contributed by atoms with van der Waals surface area (Å²) in [6.07, 6.45) is 2.46. The van der Waals surface area contributed by atoms with Gasteiger partial charge in [-0.25, -0.2) is 0 Å². The predicted octanol–water partition coefficient (Wildman–Crippen LogP) is -2.55. The number of nitrogens with one attached hydrogen (secondary N) is 2. The van der Waals surface area contributed by atoms with Gasteiger partial charge in [0.15, 0.2) is 6.29 Å². The number of carbonyl (C=O) groups excluding carboxylic acids is 1. The zero-order valence-corrected chi connectivity index (χ0v) is 23.4. The van der Waals surface area contributed by atoms with Crippen molar-refractivity contribution in [1.29, 1.82) is 0 Å². The molecule has 1 aliphatic heterocycles. The third kappa shape index (κ3) is 9.26. The molecule has 40 heavy (non-hydrogen) atoms. The number of allylic oxidation sites excluding steroid dienone is 2. The normalized spacial score (nSPS) is 38.5. The molecule has 0 spiro atoms. The van der Waals surface area contributed by atoms with Gasteiger partial charge in [-0.15, -0.1) is 0 Å². The predicted molar refractivity (Wildman–Crippen MR) is 150 cm³/mol. The van der Waals surface area contributed by atoms with Crippen molar-refractivity contribution in [2.45, 2.75) is 113 Å². The SMILES string of the molecule is CC1OC(OC2C(N)CC(NC(=O)CC3=CCCC(N)C=C3)C(OCCNCCCCN)C2O)C(N)C(O)C1O. The highest BCUT2D eigenvalue weighted by molar-refractivity contribution is 5.79. The minimum absolute atomic E-state index is 0.0319. The summed E-state index contributed by atoms with van der Waals surface area (Å²) in [4.78, 5) is 13.0. The largest absolute Gasteiger partial charge is 0.388 e. The lowest BCUT2D eigenvalue weighted by Crippen LogP contribution is -2.67. The van der Waals surface area contributed by atoms with Gasteiger partial charge < -0.3 is 63.1 Å². The van der Waals surface area contributed by atoms with Gasteiger partial charge in [-0.3, -0.25) is 4.79 Å². The maximum Gasteiger partial charge on any atom is 0.224 e. The Morgan fingerprint density at radius 3 is 2.62 bits per heavy atom. The second-order valence-electron chi connectivity index (χ2n) is 11.1. The minimum atomic E-state index is -1.27. The first kappa shape index (κ1) is 33.0. The van der Waals surface area contributed by atoms with Crippen LogP contribution in [0.3, 0.4) is 0 Å². The summed E-state index contributed by atoms with van der Waals surface area (Å²) >= 11 is 0. The van der Waals surface area contributed by atoms with E-state index in [2.05, 4.69) is 10.6 Å². The maximum atomic E-state index is 13.0. The van der Waals surface area contributed by atoms with Gasteiger partial charge in [-0.05, 0) is 57.7 Å². The van der Waals surface area contributed by atoms with Gasteiger partial charge in [0.2, 0.25) is 5.91 Å². The molecule has 13 heteroatoms. The van der Waals surface area contributed by atoms with Gasteiger partial charge in [-0.1, -0.05) is 18.2 Å². The number of rotatable bonds is 13. The Kier molecular flexibility index (Phi) is 13.4. The Morgan fingerprint density at radius 1 is 1.10 bits per heavy atom. The van der Waals surface area contributed by atoms with Crippen molar-refractivity contribution in [2.75, 3.05) is 26.2 Å². The third-order valence-electron chi connectivity index (χ3n) is 7.77. The van der Waals surface area contributed by atoms with Gasteiger partial charge in [0, 0.05) is 18.6 Å². The quantitative estimate of drug-likeness (QED) is 0.104. The van der Waals surface area contributed by atoms with Crippen LogP contribution < -0.4 is 33.6 Å². The zero-order valence-electron chi connectivity index (χ0n) is 23.4. The molecule has 0 bridgehead atoms. The maximum absolute atomic E-state index is 13.0. The van der Waals surface area contributed by atoms with Crippen LogP contribution in [0.1, 0.15) is 45.4 Å². The number of amides is 1. The molecule has 1 heterocycles. The van der Waals surface area contributed by atoms with E-state index in [0.29, 0.717) is 13.1 Å². The molecular formula is C27H50N6O7. The summed E-state index contributed by atoms with van der Waals surface area (Å²) in [6, 6.07) is -2.34. The number of carbonyl (C=O) groups is 1. The van der Waals surface area contributed by atoms with Gasteiger partial charge in [0.25, 0.3) is 0 Å². The van der Waals surface area contributed by atoms with E-state index >= 15 is 0 Å². The molecule has 0 aromatic rings. The van der Waals surface area contributed by atoms with E-state index in [4.69, 9.17) is 37.1 Å². The zero-order chi connectivity index (χ0) is 29.2. The number of ether oxygens (including phenoxy) is 3. The first-order chi connectivity index (χ1) is 19.1. The summed E-state index contributed by atoms with van der Waals surface area (Å²) < 4.78 is 17.8. The molecule has 0 radical (unpaired) electrons. The molecule has 3 aliphatic rings. The van der Waals surface area contributed by atoms with Crippen LogP contribution >= 0.6 is 0 Å². The molecule has 2 aliphatic carbocycles. The van der Waals surface area contributed by atoms with Crippen LogP contribution in [0.4, 0.5) is 0 Å². The van der Waals surface area contributed by atoms with Crippen molar-refractivity contribution >= 4 is 5.91 Å². The highest BCUT2D eigenvalue weighted by atomic mass is 16.7. The smallest absolute Gasteiger partial charge is 0.224 e. The highest BCUT2D eigenvalue weighted by Crippen LogP contribution is 2.29. The van der Waals surface area contributed by atoms with E-state index in [1.165, 1.54) is 0 Å². The molecule has 1 amide bonds. The van der Waals surface area contributed by atoms with E-state index < -0.39 is 61.0 Å². The van der Waals surface area contributed by atoms with Crippen LogP contribution in [-0.2, 0) is 19.0 Å². The lowest BCUT2D eigenvalue weighted by Gasteiger charge is -2.47. The van der Waals surface area contributed by atoms with E-state index in [9.17, 15) is 20.1 Å². The third-order valence-corrected chi connectivity index (χ3v) is 7.77. The Hall–Kier alpha value is -1.49. The van der Waals surface area contributed by atoms with Crippen molar-refractivity contribution in [3.05, 3.63) is 23.8 Å². The van der Waals surface area contributed by atoms with Gasteiger partial charge >= 0.3 is 0 Å². The lowest BCUT2D eigenvalue weighted by molar-refractivity contribution is -0.288. The lowest BCUT2D eigenvalue weighted by atomic mass is 9.83. The molecule has 230 valence electrons. The molecule has 0 aromatic carbocycles. The molecule has 13 N–H and O–H groups in total. The number of aliphatic hydroxyl groups excluding tert-OH is 3. The van der Waals surface area contributed by atoms with Crippen molar-refractivity contribution < 1.29 is 34.3 Å². The molecule has 0 aromatic heterocycles. The number of aliphatic hydroxyl groups is 3. The topological polar surface area (TPSA) is 234 Å². The Morgan fingerprint density at radius 2 is 1.88 bits per heavy atom. The summed E-state index contributed by atoms with van der Waals surface area (Å²) in [5.41, 5.74) is 24.9. The van der Waals surface area contributed by atoms with E-state index in [0.717, 1.165) is 37.8 Å². The van der Waals surface area contributed by atoms with Crippen molar-refractivity contribution in [3.63, 3.8) is 0 Å². The summed E-state index contributed by atoms with van der Waals surface area (Å²) in [5, 5.41) is 38.0. The molecule has 13 nitrogen and oxygen atoms in total. The fourth-order valence-electron chi connectivity index (χ4n) is 5.34. The summed E-state index contributed by atoms with van der Waals surface area (Å²) in [5.74, 6) is -0.216. The Bertz CT molecular complexity index is 848. The van der Waals surface area contributed by atoms with E-state index in [1.54, 1.807) is 6.92 Å². The van der Waals surface area contributed by atoms with Crippen LogP contribution in [0.2, 0.25) is 0 Å². The summed E-state index contributed by atoms with van der Waals surface area (Å²) in [6.45, 7) is 3.85. The number of unbranched alkanes of at least 4 members (excludes halogenated alkanes) is 1. The Balaban J connectivity index is 1.66. The number of hydrogen-bond donors (Lipinski definition) is 9. The molecule has 11 unspecified atom stereocenters. The standard InChI is InChI=1S/C27H50N6O7/c1-15-22(35)23(36)21(31)27(39-15)40-25-18(30)14-19(26(24(25)37)38-12-11-32-10-3-2-9-28)33-20(34)13-16-5-4-6-17(29)8-7-16/h5,7-8,15,17-19,21-27,32,35-37H,2-4,6,9-14,28-31H2,1H3,(H,33,34).